The molecule has 4 nitrogen and oxygen atoms in total. The molecule has 47 heavy (non-hydrogen) atoms. The monoisotopic (exact) mass is 661 g/mol. The lowest BCUT2D eigenvalue weighted by atomic mass is 9.80. The summed E-state index contributed by atoms with van der Waals surface area (Å²) >= 11 is 0. The third-order valence-corrected chi connectivity index (χ3v) is 9.12. The van der Waals surface area contributed by atoms with Crippen LogP contribution in [-0.4, -0.2) is 33.3 Å². The van der Waals surface area contributed by atoms with Crippen LogP contribution in [0, 0.1) is 0 Å². The van der Waals surface area contributed by atoms with Gasteiger partial charge in [-0.15, -0.1) is 5.46 Å². The summed E-state index contributed by atoms with van der Waals surface area (Å²) < 4.78 is 0. The minimum absolute atomic E-state index is 0.353. The van der Waals surface area contributed by atoms with Crippen molar-refractivity contribution in [2.24, 2.45) is 0 Å². The highest BCUT2D eigenvalue weighted by molar-refractivity contribution is 6.55. The van der Waals surface area contributed by atoms with Gasteiger partial charge in [0.2, 0.25) is 0 Å². The second-order valence-electron chi connectivity index (χ2n) is 14.0. The summed E-state index contributed by atoms with van der Waals surface area (Å²) in [5.74, 6) is 0. The van der Waals surface area contributed by atoms with Crippen LogP contribution in [0.1, 0.15) is 207 Å². The third kappa shape index (κ3) is 41.2. The number of quaternary nitrogens is 2. The van der Waals surface area contributed by atoms with E-state index in [9.17, 15) is 10.0 Å². The standard InChI is InChI=1S/C26H45BO2.2C8H19N/c1-2-3-4-5-6-7-8-9-10-11-12-13-14-15-16-17-18-19-20-25-21-23-26(24-22-25)27(28)29;2*1-3-5-7-9-8-6-4-2/h21-24H,2-20H2,1H3;2*9H,3-8H2,1-2H3/q-2;;/p+2. The van der Waals surface area contributed by atoms with Gasteiger partial charge in [0.15, 0.2) is 0 Å². The van der Waals surface area contributed by atoms with Gasteiger partial charge >= 0.3 is 0 Å². The normalized spacial score (nSPS) is 10.7. The van der Waals surface area contributed by atoms with Gasteiger partial charge in [0.05, 0.1) is 26.2 Å². The fourth-order valence-electron chi connectivity index (χ4n) is 5.75. The molecule has 0 aliphatic carbocycles. The second-order valence-corrected chi connectivity index (χ2v) is 14.0. The fourth-order valence-corrected chi connectivity index (χ4v) is 5.75. The van der Waals surface area contributed by atoms with Crippen molar-refractivity contribution >= 4 is 12.6 Å². The van der Waals surface area contributed by atoms with Crippen LogP contribution >= 0.6 is 0 Å². The summed E-state index contributed by atoms with van der Waals surface area (Å²) in [5, 5.41) is 26.5. The van der Waals surface area contributed by atoms with Gasteiger partial charge in [-0.1, -0.05) is 201 Å². The number of rotatable bonds is 32. The van der Waals surface area contributed by atoms with Crippen LogP contribution < -0.4 is 26.1 Å². The van der Waals surface area contributed by atoms with Crippen molar-refractivity contribution in [3.05, 3.63) is 29.8 Å². The Kier molecular flexibility index (Phi) is 44.3. The molecule has 0 bridgehead atoms. The van der Waals surface area contributed by atoms with Gasteiger partial charge in [0.25, 0.3) is 0 Å². The number of unbranched alkanes of at least 4 members (excludes halogenated alkanes) is 21. The van der Waals surface area contributed by atoms with Gasteiger partial charge in [-0.05, 0) is 44.1 Å². The average molecular weight is 661 g/mol. The van der Waals surface area contributed by atoms with Crippen LogP contribution in [-0.2, 0) is 6.42 Å². The molecule has 0 amide bonds. The Morgan fingerprint density at radius 1 is 0.383 bits per heavy atom. The molecule has 278 valence electrons. The second kappa shape index (κ2) is 43.1. The zero-order chi connectivity index (χ0) is 34.9. The lowest BCUT2D eigenvalue weighted by Gasteiger charge is -2.26. The molecule has 0 saturated heterocycles. The summed E-state index contributed by atoms with van der Waals surface area (Å²) in [6.07, 6.45) is 37.1. The number of hydrogen-bond donors (Lipinski definition) is 2. The van der Waals surface area contributed by atoms with Crippen molar-refractivity contribution in [1.29, 1.82) is 0 Å². The van der Waals surface area contributed by atoms with Crippen molar-refractivity contribution in [2.75, 3.05) is 26.2 Å². The van der Waals surface area contributed by atoms with Gasteiger partial charge in [-0.2, -0.15) is 0 Å². The number of benzene rings is 1. The van der Waals surface area contributed by atoms with E-state index in [1.807, 2.05) is 12.1 Å². The maximum Gasteiger partial charge on any atom is 0.0755 e. The van der Waals surface area contributed by atoms with Crippen LogP contribution in [0.15, 0.2) is 24.3 Å². The van der Waals surface area contributed by atoms with E-state index < -0.39 is 7.12 Å². The topological polar surface area (TPSA) is 79.3 Å². The molecule has 4 N–H and O–H groups in total. The van der Waals surface area contributed by atoms with E-state index in [0.717, 1.165) is 6.42 Å². The molecule has 0 unspecified atom stereocenters. The SMILES string of the molecule is CCCCCCCCCCCCCCCCCCCCc1ccc(B([O-])[O-])cc1.CCCC[NH2+]CCCC.CCCC[NH2+]CCCC. The Bertz CT molecular complexity index is 645. The number of nitrogens with two attached hydrogens (primary N) is 2. The van der Waals surface area contributed by atoms with E-state index in [1.165, 1.54) is 199 Å². The molecule has 0 aliphatic rings. The third-order valence-electron chi connectivity index (χ3n) is 9.12. The lowest BCUT2D eigenvalue weighted by Crippen LogP contribution is -2.84. The first-order valence-electron chi connectivity index (χ1n) is 21.1. The van der Waals surface area contributed by atoms with Crippen LogP contribution in [0.4, 0.5) is 0 Å². The quantitative estimate of drug-likeness (QED) is 0.0607. The Morgan fingerprint density at radius 2 is 0.660 bits per heavy atom. The molecule has 0 aromatic heterocycles. The maximum absolute atomic E-state index is 10.8. The van der Waals surface area contributed by atoms with Crippen molar-refractivity contribution in [1.82, 2.24) is 0 Å². The predicted molar refractivity (Wildman–Crippen MR) is 207 cm³/mol. The Morgan fingerprint density at radius 3 is 0.936 bits per heavy atom. The molecule has 1 rings (SSSR count). The first kappa shape index (κ1) is 48.2. The van der Waals surface area contributed by atoms with E-state index >= 15 is 0 Å². The van der Waals surface area contributed by atoms with Crippen molar-refractivity contribution in [2.45, 2.75) is 208 Å². The summed E-state index contributed by atoms with van der Waals surface area (Å²) in [4.78, 5) is 0. The molecule has 5 heteroatoms. The molecule has 1 aromatic carbocycles. The molecule has 0 aliphatic heterocycles. The maximum atomic E-state index is 10.8. The zero-order valence-electron chi connectivity index (χ0n) is 32.8. The molecule has 0 radical (unpaired) electrons. The fraction of sp³-hybridized carbons (Fsp3) is 0.857. The van der Waals surface area contributed by atoms with Crippen molar-refractivity contribution in [3.8, 4) is 0 Å². The minimum Gasteiger partial charge on any atom is -0.889 e. The van der Waals surface area contributed by atoms with E-state index in [0.29, 0.717) is 5.46 Å². The average Bonchev–Trinajstić information content (AvgIpc) is 3.08. The smallest absolute Gasteiger partial charge is 0.0755 e. The highest BCUT2D eigenvalue weighted by Crippen LogP contribution is 2.15. The summed E-state index contributed by atoms with van der Waals surface area (Å²) in [6.45, 7) is 16.6. The number of aryl methyl sites for hydroxylation is 1. The van der Waals surface area contributed by atoms with Crippen LogP contribution in [0.2, 0.25) is 0 Å². The van der Waals surface area contributed by atoms with E-state index in [2.05, 4.69) is 45.3 Å². The van der Waals surface area contributed by atoms with Gasteiger partial charge in [-0.3, -0.25) is 0 Å². The molecule has 0 atom stereocenters. The van der Waals surface area contributed by atoms with Crippen LogP contribution in [0.3, 0.4) is 0 Å². The Hall–Kier alpha value is -0.875. The Labute approximate surface area is 296 Å². The highest BCUT2D eigenvalue weighted by atomic mass is 16.4. The molecular weight excluding hydrogens is 575 g/mol. The largest absolute Gasteiger partial charge is 0.889 e. The lowest BCUT2D eigenvalue weighted by molar-refractivity contribution is -0.655. The minimum atomic E-state index is -1.85. The highest BCUT2D eigenvalue weighted by Gasteiger charge is 1.97. The molecule has 0 saturated carbocycles. The van der Waals surface area contributed by atoms with Crippen molar-refractivity contribution < 1.29 is 20.7 Å². The van der Waals surface area contributed by atoms with E-state index in [1.54, 1.807) is 12.1 Å². The zero-order valence-corrected chi connectivity index (χ0v) is 32.8. The first-order chi connectivity index (χ1) is 23.1. The summed E-state index contributed by atoms with van der Waals surface area (Å²) in [6, 6.07) is 7.25. The Balaban J connectivity index is 0. The van der Waals surface area contributed by atoms with Gasteiger partial charge in [0, 0.05) is 0 Å². The first-order valence-corrected chi connectivity index (χ1v) is 21.1. The van der Waals surface area contributed by atoms with Gasteiger partial charge in [0.1, 0.15) is 0 Å². The molecule has 1 aromatic rings. The van der Waals surface area contributed by atoms with Crippen LogP contribution in [0.25, 0.3) is 0 Å². The summed E-state index contributed by atoms with van der Waals surface area (Å²) in [5.41, 5.74) is 1.59. The molecule has 0 fully saturated rings. The van der Waals surface area contributed by atoms with Gasteiger partial charge in [-0.25, -0.2) is 0 Å². The predicted octanol–water partition coefficient (Wildman–Crippen LogP) is 7.99. The molecule has 0 heterocycles. The van der Waals surface area contributed by atoms with Crippen molar-refractivity contribution in [3.63, 3.8) is 0 Å². The van der Waals surface area contributed by atoms with Gasteiger partial charge < -0.3 is 20.7 Å². The van der Waals surface area contributed by atoms with E-state index in [4.69, 9.17) is 0 Å². The van der Waals surface area contributed by atoms with E-state index in [-0.39, 0.29) is 0 Å². The molecule has 0 spiro atoms. The number of hydrogen-bond acceptors (Lipinski definition) is 2. The summed E-state index contributed by atoms with van der Waals surface area (Å²) in [7, 11) is -1.85. The van der Waals surface area contributed by atoms with Crippen LogP contribution in [0.5, 0.6) is 0 Å². The molecular formula is C42H85BN2O2.